The molecular formula is C9H19NO2S. The maximum absolute atomic E-state index is 10.9. The van der Waals surface area contributed by atoms with Gasteiger partial charge >= 0.3 is 0 Å². The summed E-state index contributed by atoms with van der Waals surface area (Å²) in [6.07, 6.45) is 4.38. The van der Waals surface area contributed by atoms with E-state index in [1.807, 2.05) is 0 Å². The molecule has 0 amide bonds. The number of ether oxygens (including phenoxy) is 1. The Morgan fingerprint density at radius 2 is 2.23 bits per heavy atom. The Morgan fingerprint density at radius 3 is 2.69 bits per heavy atom. The fraction of sp³-hybridized carbons (Fsp3) is 1.00. The van der Waals surface area contributed by atoms with Gasteiger partial charge in [0.05, 0.1) is 6.10 Å². The normalized spacial score (nSPS) is 32.2. The molecule has 0 heterocycles. The third kappa shape index (κ3) is 3.75. The Kier molecular flexibility index (Phi) is 4.35. The lowest BCUT2D eigenvalue weighted by Crippen LogP contribution is -2.49. The highest BCUT2D eigenvalue weighted by Crippen LogP contribution is 2.22. The Morgan fingerprint density at radius 1 is 1.62 bits per heavy atom. The van der Waals surface area contributed by atoms with Crippen molar-refractivity contribution in [1.82, 2.24) is 5.32 Å². The minimum absolute atomic E-state index is 0.355. The lowest BCUT2D eigenvalue weighted by molar-refractivity contribution is 0.0155. The molecule has 1 aliphatic rings. The predicted octanol–water partition coefficient (Wildman–Crippen LogP) is 0.520. The number of nitrogens with one attached hydrogen (secondary N) is 1. The van der Waals surface area contributed by atoms with Gasteiger partial charge in [0.2, 0.25) is 0 Å². The van der Waals surface area contributed by atoms with Crippen LogP contribution in [0, 0.1) is 0 Å². The molecule has 78 valence electrons. The first-order valence-electron chi connectivity index (χ1n) is 4.70. The average molecular weight is 205 g/mol. The van der Waals surface area contributed by atoms with Crippen LogP contribution in [0.3, 0.4) is 0 Å². The van der Waals surface area contributed by atoms with Crippen molar-refractivity contribution in [1.29, 1.82) is 0 Å². The Hall–Kier alpha value is 0.0700. The molecule has 0 spiro atoms. The van der Waals surface area contributed by atoms with Gasteiger partial charge in [-0.25, -0.2) is 0 Å². The average Bonchev–Trinajstić information content (AvgIpc) is 1.94. The van der Waals surface area contributed by atoms with E-state index in [-0.39, 0.29) is 0 Å². The van der Waals surface area contributed by atoms with Crippen LogP contribution < -0.4 is 5.32 Å². The van der Waals surface area contributed by atoms with Crippen LogP contribution >= 0.6 is 0 Å². The Labute approximate surface area is 82.7 Å². The van der Waals surface area contributed by atoms with E-state index < -0.39 is 10.8 Å². The number of methoxy groups -OCH3 is 1. The first-order chi connectivity index (χ1) is 6.11. The van der Waals surface area contributed by atoms with E-state index in [1.165, 1.54) is 0 Å². The van der Waals surface area contributed by atoms with Gasteiger partial charge in [0.15, 0.2) is 0 Å². The zero-order chi connectivity index (χ0) is 9.84. The largest absolute Gasteiger partial charge is 0.381 e. The zero-order valence-electron chi connectivity index (χ0n) is 8.58. The maximum Gasteiger partial charge on any atom is 0.0601 e. The maximum atomic E-state index is 10.9. The summed E-state index contributed by atoms with van der Waals surface area (Å²) in [5.74, 6) is 0.744. The molecule has 0 aromatic rings. The van der Waals surface area contributed by atoms with Crippen molar-refractivity contribution in [3.63, 3.8) is 0 Å². The summed E-state index contributed by atoms with van der Waals surface area (Å²) in [6, 6.07) is 0.928. The minimum atomic E-state index is -0.694. The molecule has 1 fully saturated rings. The topological polar surface area (TPSA) is 38.3 Å². The van der Waals surface area contributed by atoms with Crippen LogP contribution in [0.25, 0.3) is 0 Å². The standard InChI is InChI=1S/C9H19NO2S/c1-7(6-13(3)11)10-8-4-9(5-8)12-2/h7-10H,4-6H2,1-3H3. The van der Waals surface area contributed by atoms with Gasteiger partial charge in [-0.15, -0.1) is 0 Å². The molecule has 2 unspecified atom stereocenters. The van der Waals surface area contributed by atoms with E-state index in [9.17, 15) is 4.21 Å². The monoisotopic (exact) mass is 205 g/mol. The second kappa shape index (κ2) is 5.08. The van der Waals surface area contributed by atoms with Crippen molar-refractivity contribution in [2.75, 3.05) is 19.1 Å². The molecule has 4 heteroatoms. The summed E-state index contributed by atoms with van der Waals surface area (Å²) in [4.78, 5) is 0. The number of rotatable bonds is 5. The molecule has 0 aromatic carbocycles. The van der Waals surface area contributed by atoms with Gasteiger partial charge in [0.25, 0.3) is 0 Å². The van der Waals surface area contributed by atoms with Gasteiger partial charge in [-0.05, 0) is 19.8 Å². The van der Waals surface area contributed by atoms with Crippen LogP contribution in [0.1, 0.15) is 19.8 Å². The van der Waals surface area contributed by atoms with Crippen LogP contribution in [-0.2, 0) is 15.5 Å². The minimum Gasteiger partial charge on any atom is -0.381 e. The molecule has 3 nitrogen and oxygen atoms in total. The van der Waals surface area contributed by atoms with Crippen molar-refractivity contribution >= 4 is 10.8 Å². The third-order valence-corrected chi connectivity index (χ3v) is 3.40. The highest BCUT2D eigenvalue weighted by atomic mass is 32.2. The van der Waals surface area contributed by atoms with Gasteiger partial charge in [-0.1, -0.05) is 0 Å². The molecule has 1 N–H and O–H groups in total. The van der Waals surface area contributed by atoms with E-state index >= 15 is 0 Å². The van der Waals surface area contributed by atoms with Crippen molar-refractivity contribution < 1.29 is 8.95 Å². The molecular weight excluding hydrogens is 186 g/mol. The van der Waals surface area contributed by atoms with E-state index in [2.05, 4.69) is 12.2 Å². The second-order valence-electron chi connectivity index (χ2n) is 3.83. The van der Waals surface area contributed by atoms with Crippen molar-refractivity contribution in [2.45, 2.75) is 38.0 Å². The summed E-state index contributed by atoms with van der Waals surface area (Å²) in [5.41, 5.74) is 0. The van der Waals surface area contributed by atoms with Gasteiger partial charge < -0.3 is 10.1 Å². The van der Waals surface area contributed by atoms with E-state index in [0.29, 0.717) is 18.2 Å². The summed E-state index contributed by atoms with van der Waals surface area (Å²) in [5, 5.41) is 3.44. The molecule has 0 aromatic heterocycles. The molecule has 1 aliphatic carbocycles. The SMILES string of the molecule is COC1CC(NC(C)CS(C)=O)C1. The van der Waals surface area contributed by atoms with Crippen LogP contribution in [0.4, 0.5) is 0 Å². The second-order valence-corrected chi connectivity index (χ2v) is 5.31. The van der Waals surface area contributed by atoms with Crippen molar-refractivity contribution in [2.24, 2.45) is 0 Å². The van der Waals surface area contributed by atoms with E-state index in [1.54, 1.807) is 13.4 Å². The van der Waals surface area contributed by atoms with E-state index in [0.717, 1.165) is 18.6 Å². The summed E-state index contributed by atoms with van der Waals surface area (Å²) < 4.78 is 16.1. The van der Waals surface area contributed by atoms with Gasteiger partial charge in [-0.2, -0.15) is 0 Å². The van der Waals surface area contributed by atoms with Crippen molar-refractivity contribution in [3.8, 4) is 0 Å². The van der Waals surface area contributed by atoms with Gasteiger partial charge in [0, 0.05) is 42.0 Å². The highest BCUT2D eigenvalue weighted by Gasteiger charge is 2.29. The summed E-state index contributed by atoms with van der Waals surface area (Å²) >= 11 is 0. The first-order valence-corrected chi connectivity index (χ1v) is 6.43. The molecule has 0 aliphatic heterocycles. The Bertz CT molecular complexity index is 180. The zero-order valence-corrected chi connectivity index (χ0v) is 9.39. The predicted molar refractivity (Wildman–Crippen MR) is 55.4 cm³/mol. The Balaban J connectivity index is 2.09. The quantitative estimate of drug-likeness (QED) is 0.711. The first kappa shape index (κ1) is 11.1. The van der Waals surface area contributed by atoms with Crippen molar-refractivity contribution in [3.05, 3.63) is 0 Å². The fourth-order valence-corrected chi connectivity index (χ4v) is 2.50. The summed E-state index contributed by atoms with van der Waals surface area (Å²) in [7, 11) is 1.06. The summed E-state index contributed by atoms with van der Waals surface area (Å²) in [6.45, 7) is 2.08. The fourth-order valence-electron chi connectivity index (χ4n) is 1.70. The van der Waals surface area contributed by atoms with Crippen LogP contribution in [0.2, 0.25) is 0 Å². The molecule has 1 rings (SSSR count). The van der Waals surface area contributed by atoms with Crippen LogP contribution in [0.15, 0.2) is 0 Å². The van der Waals surface area contributed by atoms with Gasteiger partial charge in [-0.3, -0.25) is 4.21 Å². The number of hydrogen-bond donors (Lipinski definition) is 1. The van der Waals surface area contributed by atoms with Crippen LogP contribution in [-0.4, -0.2) is 41.5 Å². The molecule has 13 heavy (non-hydrogen) atoms. The third-order valence-electron chi connectivity index (χ3n) is 2.43. The smallest absolute Gasteiger partial charge is 0.0601 e. The van der Waals surface area contributed by atoms with Gasteiger partial charge in [0.1, 0.15) is 0 Å². The molecule has 0 saturated heterocycles. The van der Waals surface area contributed by atoms with E-state index in [4.69, 9.17) is 4.74 Å². The lowest BCUT2D eigenvalue weighted by Gasteiger charge is -2.36. The molecule has 1 saturated carbocycles. The molecule has 0 bridgehead atoms. The van der Waals surface area contributed by atoms with Crippen LogP contribution in [0.5, 0.6) is 0 Å². The molecule has 0 radical (unpaired) electrons. The lowest BCUT2D eigenvalue weighted by atomic mass is 9.89. The molecule has 2 atom stereocenters. The number of hydrogen-bond acceptors (Lipinski definition) is 3. The highest BCUT2D eigenvalue weighted by molar-refractivity contribution is 7.84.